The number of hydrogen-bond donors (Lipinski definition) is 2. The summed E-state index contributed by atoms with van der Waals surface area (Å²) in [5, 5.41) is 10.2. The van der Waals surface area contributed by atoms with Gasteiger partial charge >= 0.3 is 12.2 Å². The molecular weight excluding hydrogens is 521 g/mol. The molecule has 0 spiro atoms. The minimum absolute atomic E-state index is 0.170. The standard InChI is InChI=1S/C25H27F3N6O5/c1-33-8-15(25(26,27)28)6-18(21(33)35)30-22(36)34(2)24-11-23(12-24,13-24)14-5-17-19(29-7-14)31-32-20(17)39-10-16-9-37-3-4-38-16/h5-8,16H,3-4,9-13H2,1-2H3,(H,30,36)(H,29,31,32)/t16-,23?,24?/m1/s1. The molecule has 1 aliphatic heterocycles. The van der Waals surface area contributed by atoms with Gasteiger partial charge in [0.15, 0.2) is 5.65 Å². The molecule has 39 heavy (non-hydrogen) atoms. The first-order valence-electron chi connectivity index (χ1n) is 12.5. The highest BCUT2D eigenvalue weighted by Gasteiger charge is 2.71. The number of amides is 2. The summed E-state index contributed by atoms with van der Waals surface area (Å²) < 4.78 is 57.3. The number of rotatable bonds is 6. The molecule has 11 nitrogen and oxygen atoms in total. The third-order valence-corrected chi connectivity index (χ3v) is 8.06. The first kappa shape index (κ1) is 25.6. The molecule has 3 aromatic heterocycles. The summed E-state index contributed by atoms with van der Waals surface area (Å²) in [7, 11) is 2.80. The minimum atomic E-state index is -4.65. The number of carbonyl (C=O) groups is 1. The normalized spacial score (nSPS) is 26.0. The SMILES string of the molecule is CN(C(=O)Nc1cc(C(F)(F)F)cn(C)c1=O)C12CC(c3cnc4[nH]nc(OC[C@H]5COCCO5)c4c3)(C1)C2. The average molecular weight is 549 g/mol. The summed E-state index contributed by atoms with van der Waals surface area (Å²) in [4.78, 5) is 31.3. The zero-order chi connectivity index (χ0) is 27.6. The van der Waals surface area contributed by atoms with Gasteiger partial charge in [-0.2, -0.15) is 13.2 Å². The second kappa shape index (κ2) is 8.95. The molecule has 208 valence electrons. The van der Waals surface area contributed by atoms with Gasteiger partial charge in [0.2, 0.25) is 5.88 Å². The molecule has 2 N–H and O–H groups in total. The van der Waals surface area contributed by atoms with E-state index in [2.05, 4.69) is 20.5 Å². The Hall–Kier alpha value is -3.65. The fourth-order valence-corrected chi connectivity index (χ4v) is 5.85. The lowest BCUT2D eigenvalue weighted by Gasteiger charge is -2.73. The van der Waals surface area contributed by atoms with Gasteiger partial charge < -0.3 is 29.0 Å². The summed E-state index contributed by atoms with van der Waals surface area (Å²) in [5.41, 5.74) is -1.18. The molecule has 4 aliphatic rings. The van der Waals surface area contributed by atoms with E-state index in [1.165, 1.54) is 11.9 Å². The molecule has 3 saturated carbocycles. The Morgan fingerprint density at radius 2 is 2.08 bits per heavy atom. The summed E-state index contributed by atoms with van der Waals surface area (Å²) in [6, 6.07) is 2.03. The molecule has 3 aliphatic carbocycles. The van der Waals surface area contributed by atoms with Crippen LogP contribution in [-0.2, 0) is 28.1 Å². The Bertz CT molecular complexity index is 1480. The first-order chi connectivity index (χ1) is 18.5. The fraction of sp³-hybridized carbons (Fsp3) is 0.520. The fourth-order valence-electron chi connectivity index (χ4n) is 5.85. The number of aryl methyl sites for hydroxylation is 1. The molecule has 2 amide bonds. The van der Waals surface area contributed by atoms with Crippen LogP contribution in [0.4, 0.5) is 23.7 Å². The quantitative estimate of drug-likeness (QED) is 0.486. The van der Waals surface area contributed by atoms with Gasteiger partial charge in [-0.15, -0.1) is 5.10 Å². The summed E-state index contributed by atoms with van der Waals surface area (Å²) in [6.45, 7) is 1.85. The van der Waals surface area contributed by atoms with Crippen LogP contribution >= 0.6 is 0 Å². The number of anilines is 1. The molecule has 1 atom stereocenters. The molecule has 0 unspecified atom stereocenters. The molecule has 14 heteroatoms. The number of alkyl halides is 3. The van der Waals surface area contributed by atoms with Crippen LogP contribution < -0.4 is 15.6 Å². The number of aromatic nitrogens is 4. The van der Waals surface area contributed by atoms with Crippen molar-refractivity contribution in [3.63, 3.8) is 0 Å². The van der Waals surface area contributed by atoms with Crippen LogP contribution in [0.25, 0.3) is 11.0 Å². The first-order valence-corrected chi connectivity index (χ1v) is 12.5. The average Bonchev–Trinajstić information content (AvgIpc) is 3.26. The van der Waals surface area contributed by atoms with Gasteiger partial charge in [0.1, 0.15) is 18.4 Å². The predicted octanol–water partition coefficient (Wildman–Crippen LogP) is 2.81. The summed E-state index contributed by atoms with van der Waals surface area (Å²) in [5.74, 6) is 0.425. The van der Waals surface area contributed by atoms with E-state index in [4.69, 9.17) is 14.2 Å². The number of carbonyl (C=O) groups excluding carboxylic acids is 1. The number of hydrogen-bond acceptors (Lipinski definition) is 7. The molecule has 1 saturated heterocycles. The van der Waals surface area contributed by atoms with E-state index in [0.29, 0.717) is 69.5 Å². The lowest BCUT2D eigenvalue weighted by Crippen LogP contribution is -2.77. The van der Waals surface area contributed by atoms with Gasteiger partial charge in [0.05, 0.1) is 30.8 Å². The van der Waals surface area contributed by atoms with E-state index >= 15 is 0 Å². The second-order valence-electron chi connectivity index (χ2n) is 10.6. The van der Waals surface area contributed by atoms with E-state index in [0.717, 1.165) is 15.5 Å². The van der Waals surface area contributed by atoms with E-state index in [1.54, 1.807) is 13.2 Å². The Morgan fingerprint density at radius 3 is 2.77 bits per heavy atom. The molecular formula is C25H27F3N6O5. The van der Waals surface area contributed by atoms with E-state index in [-0.39, 0.29) is 11.5 Å². The number of urea groups is 1. The molecule has 4 heterocycles. The largest absolute Gasteiger partial charge is 0.473 e. The van der Waals surface area contributed by atoms with E-state index in [1.807, 2.05) is 6.07 Å². The minimum Gasteiger partial charge on any atom is -0.473 e. The Morgan fingerprint density at radius 1 is 1.31 bits per heavy atom. The molecule has 0 radical (unpaired) electrons. The summed E-state index contributed by atoms with van der Waals surface area (Å²) >= 11 is 0. The Kier molecular flexibility index (Phi) is 5.88. The zero-order valence-electron chi connectivity index (χ0n) is 21.3. The summed E-state index contributed by atoms with van der Waals surface area (Å²) in [6.07, 6.45) is -0.331. The molecule has 2 bridgehead atoms. The van der Waals surface area contributed by atoms with Crippen molar-refractivity contribution >= 4 is 22.8 Å². The highest BCUT2D eigenvalue weighted by Crippen LogP contribution is 2.70. The van der Waals surface area contributed by atoms with Crippen LogP contribution in [0.15, 0.2) is 29.3 Å². The van der Waals surface area contributed by atoms with Crippen molar-refractivity contribution < 1.29 is 32.2 Å². The van der Waals surface area contributed by atoms with Crippen molar-refractivity contribution in [3.05, 3.63) is 46.0 Å². The highest BCUT2D eigenvalue weighted by atomic mass is 19.4. The molecule has 0 aromatic carbocycles. The van der Waals surface area contributed by atoms with Gasteiger partial charge in [0.25, 0.3) is 5.56 Å². The van der Waals surface area contributed by atoms with Crippen molar-refractivity contribution in [1.82, 2.24) is 24.6 Å². The van der Waals surface area contributed by atoms with Gasteiger partial charge in [0, 0.05) is 37.4 Å². The lowest BCUT2D eigenvalue weighted by atomic mass is 9.37. The lowest BCUT2D eigenvalue weighted by molar-refractivity contribution is -0.140. The number of pyridine rings is 2. The maximum atomic E-state index is 13.2. The Labute approximate surface area is 220 Å². The van der Waals surface area contributed by atoms with Crippen molar-refractivity contribution in [2.75, 3.05) is 38.8 Å². The third kappa shape index (κ3) is 4.31. The number of H-pyrrole nitrogens is 1. The van der Waals surface area contributed by atoms with E-state index in [9.17, 15) is 22.8 Å². The van der Waals surface area contributed by atoms with Gasteiger partial charge in [-0.25, -0.2) is 9.78 Å². The van der Waals surface area contributed by atoms with E-state index < -0.39 is 34.6 Å². The molecule has 4 fully saturated rings. The van der Waals surface area contributed by atoms with Crippen molar-refractivity contribution in [1.29, 1.82) is 0 Å². The van der Waals surface area contributed by atoms with Gasteiger partial charge in [-0.3, -0.25) is 9.89 Å². The third-order valence-electron chi connectivity index (χ3n) is 8.06. The van der Waals surface area contributed by atoms with Crippen LogP contribution in [0.3, 0.4) is 0 Å². The molecule has 7 rings (SSSR count). The van der Waals surface area contributed by atoms with Crippen molar-refractivity contribution in [3.8, 4) is 5.88 Å². The number of halogens is 3. The number of nitrogens with one attached hydrogen (secondary N) is 2. The Balaban J connectivity index is 1.13. The van der Waals surface area contributed by atoms with Crippen LogP contribution in [0, 0.1) is 0 Å². The van der Waals surface area contributed by atoms with Crippen LogP contribution in [0.5, 0.6) is 5.88 Å². The van der Waals surface area contributed by atoms with Gasteiger partial charge in [-0.1, -0.05) is 0 Å². The van der Waals surface area contributed by atoms with Crippen molar-refractivity contribution in [2.24, 2.45) is 7.05 Å². The second-order valence-corrected chi connectivity index (χ2v) is 10.6. The molecule has 3 aromatic rings. The number of nitrogens with zero attached hydrogens (tertiary/aromatic N) is 4. The van der Waals surface area contributed by atoms with Crippen LogP contribution in [0.2, 0.25) is 0 Å². The maximum Gasteiger partial charge on any atom is 0.417 e. The van der Waals surface area contributed by atoms with Gasteiger partial charge in [-0.05, 0) is 37.0 Å². The van der Waals surface area contributed by atoms with Crippen molar-refractivity contribution in [2.45, 2.75) is 42.5 Å². The number of fused-ring (bicyclic) bond motifs is 1. The zero-order valence-corrected chi connectivity index (χ0v) is 21.3. The van der Waals surface area contributed by atoms with Crippen LogP contribution in [-0.4, -0.2) is 75.8 Å². The monoisotopic (exact) mass is 548 g/mol. The smallest absolute Gasteiger partial charge is 0.417 e. The van der Waals surface area contributed by atoms with Crippen LogP contribution in [0.1, 0.15) is 30.4 Å². The predicted molar refractivity (Wildman–Crippen MR) is 132 cm³/mol. The number of aromatic amines is 1. The highest BCUT2D eigenvalue weighted by molar-refractivity contribution is 5.90. The maximum absolute atomic E-state index is 13.2. The topological polar surface area (TPSA) is 124 Å². The number of ether oxygens (including phenoxy) is 3.